The highest BCUT2D eigenvalue weighted by Gasteiger charge is 2.15. The number of alkyl halides is 1. The molecule has 16 heavy (non-hydrogen) atoms. The Morgan fingerprint density at radius 3 is 2.62 bits per heavy atom. The van der Waals surface area contributed by atoms with Crippen molar-refractivity contribution in [3.63, 3.8) is 0 Å². The van der Waals surface area contributed by atoms with Gasteiger partial charge in [0.1, 0.15) is 11.3 Å². The molecule has 0 aliphatic heterocycles. The van der Waals surface area contributed by atoms with Crippen LogP contribution in [0.15, 0.2) is 12.1 Å². The van der Waals surface area contributed by atoms with Gasteiger partial charge in [-0.2, -0.15) is 0 Å². The van der Waals surface area contributed by atoms with E-state index in [0.717, 1.165) is 16.5 Å². The quantitative estimate of drug-likeness (QED) is 0.630. The normalized spacial score (nSPS) is 10.0. The van der Waals surface area contributed by atoms with Crippen molar-refractivity contribution >= 4 is 21.9 Å². The second kappa shape index (κ2) is 5.89. The van der Waals surface area contributed by atoms with Crippen molar-refractivity contribution in [2.75, 3.05) is 13.7 Å². The molecule has 0 aliphatic rings. The smallest absolute Gasteiger partial charge is 0.341 e. The van der Waals surface area contributed by atoms with Crippen LogP contribution < -0.4 is 4.74 Å². The number of rotatable bonds is 4. The number of hydrogen-bond acceptors (Lipinski definition) is 3. The van der Waals surface area contributed by atoms with Gasteiger partial charge in [-0.25, -0.2) is 4.79 Å². The molecule has 88 valence electrons. The van der Waals surface area contributed by atoms with Crippen LogP contribution in [0.25, 0.3) is 0 Å². The number of methoxy groups -OCH3 is 1. The van der Waals surface area contributed by atoms with Crippen molar-refractivity contribution in [1.29, 1.82) is 0 Å². The van der Waals surface area contributed by atoms with E-state index in [2.05, 4.69) is 15.9 Å². The summed E-state index contributed by atoms with van der Waals surface area (Å²) < 4.78 is 10.2. The summed E-state index contributed by atoms with van der Waals surface area (Å²) in [4.78, 5) is 11.7. The zero-order valence-corrected chi connectivity index (χ0v) is 11.3. The van der Waals surface area contributed by atoms with Gasteiger partial charge in [0.05, 0.1) is 13.7 Å². The maximum atomic E-state index is 11.7. The molecule has 3 nitrogen and oxygen atoms in total. The number of aryl methyl sites for hydroxylation is 1. The Hall–Kier alpha value is -1.03. The monoisotopic (exact) mass is 286 g/mol. The minimum atomic E-state index is -0.344. The summed E-state index contributed by atoms with van der Waals surface area (Å²) in [5.41, 5.74) is 2.62. The van der Waals surface area contributed by atoms with Crippen LogP contribution in [0.2, 0.25) is 0 Å². The fourth-order valence-corrected chi connectivity index (χ4v) is 2.02. The van der Waals surface area contributed by atoms with E-state index in [1.807, 2.05) is 13.0 Å². The van der Waals surface area contributed by atoms with Crippen molar-refractivity contribution in [2.45, 2.75) is 19.2 Å². The van der Waals surface area contributed by atoms with E-state index >= 15 is 0 Å². The number of ether oxygens (including phenoxy) is 2. The molecule has 0 spiro atoms. The molecule has 1 aromatic carbocycles. The van der Waals surface area contributed by atoms with E-state index in [1.54, 1.807) is 20.1 Å². The number of carbonyl (C=O) groups excluding carboxylic acids is 1. The van der Waals surface area contributed by atoms with Crippen LogP contribution in [0.3, 0.4) is 0 Å². The van der Waals surface area contributed by atoms with E-state index in [4.69, 9.17) is 9.47 Å². The standard InChI is InChI=1S/C12H15BrO3/c1-4-16-12(14)10-5-8(2)9(7-13)6-11(10)15-3/h5-6H,4,7H2,1-3H3. The molecule has 0 aliphatic carbocycles. The van der Waals surface area contributed by atoms with Gasteiger partial charge in [0.15, 0.2) is 0 Å². The van der Waals surface area contributed by atoms with Gasteiger partial charge in [0.2, 0.25) is 0 Å². The largest absolute Gasteiger partial charge is 0.496 e. The van der Waals surface area contributed by atoms with Crippen LogP contribution in [0.1, 0.15) is 28.4 Å². The third-order valence-electron chi connectivity index (χ3n) is 2.30. The molecule has 0 saturated carbocycles. The molecular formula is C12H15BrO3. The molecular weight excluding hydrogens is 272 g/mol. The summed E-state index contributed by atoms with van der Waals surface area (Å²) in [6.45, 7) is 4.10. The number of hydrogen-bond donors (Lipinski definition) is 0. The zero-order chi connectivity index (χ0) is 12.1. The summed E-state index contributed by atoms with van der Waals surface area (Å²) in [5.74, 6) is 0.210. The average Bonchev–Trinajstić information content (AvgIpc) is 2.29. The van der Waals surface area contributed by atoms with Gasteiger partial charge >= 0.3 is 5.97 Å². The third-order valence-corrected chi connectivity index (χ3v) is 2.90. The van der Waals surface area contributed by atoms with Crippen LogP contribution >= 0.6 is 15.9 Å². The minimum absolute atomic E-state index is 0.344. The SMILES string of the molecule is CCOC(=O)c1cc(C)c(CBr)cc1OC. The second-order valence-corrected chi connectivity index (χ2v) is 3.89. The van der Waals surface area contributed by atoms with Crippen molar-refractivity contribution < 1.29 is 14.3 Å². The first-order chi connectivity index (χ1) is 7.63. The number of benzene rings is 1. The molecule has 0 saturated heterocycles. The van der Waals surface area contributed by atoms with Gasteiger partial charge in [-0.15, -0.1) is 0 Å². The number of halogens is 1. The van der Waals surface area contributed by atoms with Crippen molar-refractivity contribution in [1.82, 2.24) is 0 Å². The summed E-state index contributed by atoms with van der Waals surface area (Å²) in [7, 11) is 1.55. The molecule has 0 radical (unpaired) electrons. The predicted molar refractivity (Wildman–Crippen MR) is 66.3 cm³/mol. The fourth-order valence-electron chi connectivity index (χ4n) is 1.41. The summed E-state index contributed by atoms with van der Waals surface area (Å²) in [6, 6.07) is 3.66. The lowest BCUT2D eigenvalue weighted by molar-refractivity contribution is 0.0522. The first-order valence-corrected chi connectivity index (χ1v) is 6.16. The van der Waals surface area contributed by atoms with Gasteiger partial charge in [-0.3, -0.25) is 0 Å². The van der Waals surface area contributed by atoms with Crippen LogP contribution in [0, 0.1) is 6.92 Å². The molecule has 0 atom stereocenters. The Bertz CT molecular complexity index is 388. The van der Waals surface area contributed by atoms with Crippen LogP contribution in [0.5, 0.6) is 5.75 Å². The van der Waals surface area contributed by atoms with Crippen molar-refractivity contribution in [2.24, 2.45) is 0 Å². The van der Waals surface area contributed by atoms with E-state index in [1.165, 1.54) is 0 Å². The zero-order valence-electron chi connectivity index (χ0n) is 9.67. The molecule has 0 aromatic heterocycles. The van der Waals surface area contributed by atoms with Crippen LogP contribution in [-0.4, -0.2) is 19.7 Å². The molecule has 4 heteroatoms. The first-order valence-electron chi connectivity index (χ1n) is 5.04. The van der Waals surface area contributed by atoms with E-state index in [0.29, 0.717) is 17.9 Å². The van der Waals surface area contributed by atoms with E-state index in [9.17, 15) is 4.79 Å². The van der Waals surface area contributed by atoms with Crippen molar-refractivity contribution in [3.8, 4) is 5.75 Å². The second-order valence-electron chi connectivity index (χ2n) is 3.33. The Labute approximate surface area is 104 Å². The molecule has 0 bridgehead atoms. The highest BCUT2D eigenvalue weighted by Crippen LogP contribution is 2.25. The predicted octanol–water partition coefficient (Wildman–Crippen LogP) is 3.08. The first kappa shape index (κ1) is 13.0. The Balaban J connectivity index is 3.17. The van der Waals surface area contributed by atoms with Gasteiger partial charge < -0.3 is 9.47 Å². The average molecular weight is 287 g/mol. The van der Waals surface area contributed by atoms with E-state index in [-0.39, 0.29) is 5.97 Å². The molecule has 0 heterocycles. The highest BCUT2D eigenvalue weighted by molar-refractivity contribution is 9.08. The Kier molecular flexibility index (Phi) is 4.80. The van der Waals surface area contributed by atoms with E-state index < -0.39 is 0 Å². The van der Waals surface area contributed by atoms with Crippen LogP contribution in [0.4, 0.5) is 0 Å². The Morgan fingerprint density at radius 1 is 1.44 bits per heavy atom. The maximum Gasteiger partial charge on any atom is 0.341 e. The Morgan fingerprint density at radius 2 is 2.12 bits per heavy atom. The molecule has 0 fully saturated rings. The summed E-state index contributed by atoms with van der Waals surface area (Å²) in [5, 5.41) is 0.734. The molecule has 1 aromatic rings. The summed E-state index contributed by atoms with van der Waals surface area (Å²) >= 11 is 3.39. The van der Waals surface area contributed by atoms with Gasteiger partial charge in [0, 0.05) is 5.33 Å². The van der Waals surface area contributed by atoms with Gasteiger partial charge in [0.25, 0.3) is 0 Å². The van der Waals surface area contributed by atoms with Crippen LogP contribution in [-0.2, 0) is 10.1 Å². The fraction of sp³-hybridized carbons (Fsp3) is 0.417. The topological polar surface area (TPSA) is 35.5 Å². The lowest BCUT2D eigenvalue weighted by atomic mass is 10.1. The third kappa shape index (κ3) is 2.76. The molecule has 0 amide bonds. The van der Waals surface area contributed by atoms with Gasteiger partial charge in [-0.05, 0) is 37.1 Å². The number of esters is 1. The molecule has 0 unspecified atom stereocenters. The molecule has 1 rings (SSSR count). The highest BCUT2D eigenvalue weighted by atomic mass is 79.9. The number of carbonyl (C=O) groups is 1. The summed E-state index contributed by atoms with van der Waals surface area (Å²) in [6.07, 6.45) is 0. The lowest BCUT2D eigenvalue weighted by Gasteiger charge is -2.11. The lowest BCUT2D eigenvalue weighted by Crippen LogP contribution is -2.08. The molecule has 0 N–H and O–H groups in total. The minimum Gasteiger partial charge on any atom is -0.496 e. The van der Waals surface area contributed by atoms with Gasteiger partial charge in [-0.1, -0.05) is 15.9 Å². The maximum absolute atomic E-state index is 11.7. The van der Waals surface area contributed by atoms with Crippen molar-refractivity contribution in [3.05, 3.63) is 28.8 Å².